The number of anilines is 1. The van der Waals surface area contributed by atoms with E-state index in [9.17, 15) is 5.11 Å². The van der Waals surface area contributed by atoms with Gasteiger partial charge in [0.15, 0.2) is 0 Å². The zero-order chi connectivity index (χ0) is 18.6. The summed E-state index contributed by atoms with van der Waals surface area (Å²) in [5, 5.41) is 11.1. The first-order chi connectivity index (χ1) is 12.7. The molecular weight excluding hydrogens is 344 g/mol. The van der Waals surface area contributed by atoms with Crippen LogP contribution in [0.4, 0.5) is 5.69 Å². The minimum atomic E-state index is -0.169. The first kappa shape index (κ1) is 21.5. The van der Waals surface area contributed by atoms with Gasteiger partial charge in [-0.25, -0.2) is 0 Å². The van der Waals surface area contributed by atoms with Crippen molar-refractivity contribution in [3.05, 3.63) is 29.3 Å². The van der Waals surface area contributed by atoms with E-state index in [1.807, 2.05) is 12.1 Å². The van der Waals surface area contributed by atoms with E-state index >= 15 is 0 Å². The predicted molar refractivity (Wildman–Crippen MR) is 113 cm³/mol. The number of benzene rings is 1. The summed E-state index contributed by atoms with van der Waals surface area (Å²) in [5.74, 6) is 0. The van der Waals surface area contributed by atoms with Crippen LogP contribution in [0.5, 0.6) is 0 Å². The van der Waals surface area contributed by atoms with E-state index in [2.05, 4.69) is 28.9 Å². The van der Waals surface area contributed by atoms with Crippen molar-refractivity contribution in [3.8, 4) is 0 Å². The summed E-state index contributed by atoms with van der Waals surface area (Å²) >= 11 is 5.97. The fourth-order valence-corrected chi connectivity index (χ4v) is 3.87. The van der Waals surface area contributed by atoms with Gasteiger partial charge in [0.25, 0.3) is 0 Å². The largest absolute Gasteiger partial charge is 0.392 e. The van der Waals surface area contributed by atoms with Gasteiger partial charge in [0.1, 0.15) is 0 Å². The van der Waals surface area contributed by atoms with E-state index < -0.39 is 0 Å². The van der Waals surface area contributed by atoms with Crippen LogP contribution in [0.2, 0.25) is 5.02 Å². The summed E-state index contributed by atoms with van der Waals surface area (Å²) in [6.07, 6.45) is 11.4. The van der Waals surface area contributed by atoms with Crippen molar-refractivity contribution in [2.45, 2.75) is 70.8 Å². The topological polar surface area (TPSA) is 26.7 Å². The van der Waals surface area contributed by atoms with Crippen molar-refractivity contribution < 1.29 is 5.11 Å². The molecule has 0 aromatic heterocycles. The number of aliphatic hydroxyl groups excluding tert-OH is 1. The Morgan fingerprint density at radius 1 is 0.885 bits per heavy atom. The summed E-state index contributed by atoms with van der Waals surface area (Å²) < 4.78 is 0. The second kappa shape index (κ2) is 12.6. The van der Waals surface area contributed by atoms with Crippen LogP contribution >= 0.6 is 11.6 Å². The molecule has 3 nitrogen and oxygen atoms in total. The van der Waals surface area contributed by atoms with E-state index in [0.717, 1.165) is 44.2 Å². The third-order valence-corrected chi connectivity index (χ3v) is 5.68. The Hall–Kier alpha value is -0.770. The lowest BCUT2D eigenvalue weighted by Crippen LogP contribution is -2.48. The molecule has 148 valence electrons. The van der Waals surface area contributed by atoms with Gasteiger partial charge >= 0.3 is 0 Å². The summed E-state index contributed by atoms with van der Waals surface area (Å²) in [7, 11) is 0. The van der Waals surface area contributed by atoms with Crippen LogP contribution in [0.1, 0.15) is 64.7 Å². The summed E-state index contributed by atoms with van der Waals surface area (Å²) in [4.78, 5) is 4.81. The maximum absolute atomic E-state index is 10.3. The monoisotopic (exact) mass is 380 g/mol. The van der Waals surface area contributed by atoms with Gasteiger partial charge < -0.3 is 10.0 Å². The molecule has 1 aliphatic rings. The molecule has 0 radical (unpaired) electrons. The second-order valence-corrected chi connectivity index (χ2v) is 8.12. The molecule has 0 bridgehead atoms. The van der Waals surface area contributed by atoms with Gasteiger partial charge in [0.05, 0.1) is 6.10 Å². The number of hydrogen-bond acceptors (Lipinski definition) is 3. The summed E-state index contributed by atoms with van der Waals surface area (Å²) in [6, 6.07) is 8.10. The van der Waals surface area contributed by atoms with Gasteiger partial charge in [-0.15, -0.1) is 0 Å². The highest BCUT2D eigenvalue weighted by Gasteiger charge is 2.19. The van der Waals surface area contributed by atoms with Crippen LogP contribution in [0.15, 0.2) is 24.3 Å². The minimum absolute atomic E-state index is 0.169. The number of halogens is 1. The van der Waals surface area contributed by atoms with E-state index in [-0.39, 0.29) is 6.10 Å². The second-order valence-electron chi connectivity index (χ2n) is 7.68. The van der Waals surface area contributed by atoms with Gasteiger partial charge in [0.2, 0.25) is 0 Å². The van der Waals surface area contributed by atoms with Crippen molar-refractivity contribution >= 4 is 17.3 Å². The average Bonchev–Trinajstić information content (AvgIpc) is 2.65. The molecule has 1 fully saturated rings. The Balaban J connectivity index is 1.52. The van der Waals surface area contributed by atoms with Crippen LogP contribution in [-0.4, -0.2) is 48.8 Å². The zero-order valence-corrected chi connectivity index (χ0v) is 17.3. The molecular formula is C22H37ClN2O. The molecule has 0 saturated carbocycles. The highest BCUT2D eigenvalue weighted by Crippen LogP contribution is 2.19. The maximum Gasteiger partial charge on any atom is 0.0667 e. The number of unbranched alkanes of at least 4 members (excludes halogenated alkanes) is 7. The smallest absolute Gasteiger partial charge is 0.0667 e. The summed E-state index contributed by atoms with van der Waals surface area (Å²) in [5.41, 5.74) is 1.24. The molecule has 4 heteroatoms. The normalized spacial score (nSPS) is 16.8. The van der Waals surface area contributed by atoms with Crippen molar-refractivity contribution in [1.29, 1.82) is 0 Å². The van der Waals surface area contributed by atoms with Gasteiger partial charge in [0, 0.05) is 43.4 Å². The van der Waals surface area contributed by atoms with Gasteiger partial charge in [-0.1, -0.05) is 69.9 Å². The van der Waals surface area contributed by atoms with Crippen molar-refractivity contribution in [3.63, 3.8) is 0 Å². The Kier molecular flexibility index (Phi) is 10.4. The first-order valence-electron chi connectivity index (χ1n) is 10.6. The molecule has 1 saturated heterocycles. The molecule has 0 amide bonds. The molecule has 26 heavy (non-hydrogen) atoms. The zero-order valence-electron chi connectivity index (χ0n) is 16.5. The van der Waals surface area contributed by atoms with Gasteiger partial charge in [-0.3, -0.25) is 4.90 Å². The first-order valence-corrected chi connectivity index (χ1v) is 11.0. The maximum atomic E-state index is 10.3. The van der Waals surface area contributed by atoms with Gasteiger partial charge in [-0.2, -0.15) is 0 Å². The fourth-order valence-electron chi connectivity index (χ4n) is 3.74. The number of rotatable bonds is 12. The quantitative estimate of drug-likeness (QED) is 0.495. The molecule has 0 spiro atoms. The third kappa shape index (κ3) is 8.28. The van der Waals surface area contributed by atoms with Crippen LogP contribution in [0.3, 0.4) is 0 Å². The molecule has 1 aromatic rings. The Bertz CT molecular complexity index is 472. The highest BCUT2D eigenvalue weighted by molar-refractivity contribution is 6.30. The lowest BCUT2D eigenvalue weighted by Gasteiger charge is -2.37. The highest BCUT2D eigenvalue weighted by atomic mass is 35.5. The molecule has 0 unspecified atom stereocenters. The van der Waals surface area contributed by atoms with E-state index in [0.29, 0.717) is 0 Å². The Morgan fingerprint density at radius 2 is 1.46 bits per heavy atom. The van der Waals surface area contributed by atoms with Crippen LogP contribution in [0, 0.1) is 0 Å². The number of aliphatic hydroxyl groups is 1. The van der Waals surface area contributed by atoms with E-state index in [1.165, 1.54) is 57.1 Å². The lowest BCUT2D eigenvalue weighted by molar-refractivity contribution is 0.0996. The number of hydrogen-bond donors (Lipinski definition) is 1. The standard InChI is InChI=1S/C22H37ClN2O/c1-2-3-4-5-6-7-8-9-10-22(26)19-24-15-17-25(18-16-24)21-13-11-20(23)12-14-21/h11-14,22,26H,2-10,15-19H2,1H3/t22-/m1/s1. The van der Waals surface area contributed by atoms with Crippen molar-refractivity contribution in [2.75, 3.05) is 37.6 Å². The van der Waals surface area contributed by atoms with Gasteiger partial charge in [-0.05, 0) is 30.7 Å². The molecule has 1 aromatic carbocycles. The molecule has 2 rings (SSSR count). The third-order valence-electron chi connectivity index (χ3n) is 5.42. The lowest BCUT2D eigenvalue weighted by atomic mass is 10.1. The molecule has 1 heterocycles. The minimum Gasteiger partial charge on any atom is -0.392 e. The number of β-amino-alcohol motifs (C(OH)–C–C–N with tert-alkyl or cyclic N) is 1. The van der Waals surface area contributed by atoms with Crippen LogP contribution in [0.25, 0.3) is 0 Å². The number of piperazine rings is 1. The SMILES string of the molecule is CCCCCCCCCC[C@@H](O)CN1CCN(c2ccc(Cl)cc2)CC1. The van der Waals surface area contributed by atoms with Crippen LogP contribution < -0.4 is 4.90 Å². The average molecular weight is 381 g/mol. The van der Waals surface area contributed by atoms with E-state index in [4.69, 9.17) is 11.6 Å². The molecule has 1 N–H and O–H groups in total. The Labute approximate surface area is 165 Å². The fraction of sp³-hybridized carbons (Fsp3) is 0.727. The predicted octanol–water partition coefficient (Wildman–Crippen LogP) is 5.35. The van der Waals surface area contributed by atoms with Crippen LogP contribution in [-0.2, 0) is 0 Å². The number of nitrogens with zero attached hydrogens (tertiary/aromatic N) is 2. The van der Waals surface area contributed by atoms with E-state index in [1.54, 1.807) is 0 Å². The molecule has 0 aliphatic carbocycles. The van der Waals surface area contributed by atoms with Crippen molar-refractivity contribution in [1.82, 2.24) is 4.90 Å². The molecule has 1 atom stereocenters. The molecule has 1 aliphatic heterocycles. The summed E-state index contributed by atoms with van der Waals surface area (Å²) in [6.45, 7) is 7.18. The van der Waals surface area contributed by atoms with Crippen molar-refractivity contribution in [2.24, 2.45) is 0 Å². The Morgan fingerprint density at radius 3 is 2.08 bits per heavy atom.